The number of anilines is 2. The number of amides is 1. The van der Waals surface area contributed by atoms with Gasteiger partial charge in [0.05, 0.1) is 5.56 Å². The third kappa shape index (κ3) is 6.84. The second-order valence-corrected chi connectivity index (χ2v) is 6.88. The molecule has 0 aliphatic heterocycles. The molecule has 7 N–H and O–H groups in total. The number of aromatic amines is 1. The van der Waals surface area contributed by atoms with E-state index in [9.17, 15) is 19.2 Å². The van der Waals surface area contributed by atoms with Crippen LogP contribution in [0.1, 0.15) is 40.7 Å². The van der Waals surface area contributed by atoms with Gasteiger partial charge in [-0.1, -0.05) is 12.1 Å². The van der Waals surface area contributed by atoms with Crippen LogP contribution in [0.3, 0.4) is 0 Å². The maximum atomic E-state index is 12.3. The fraction of sp³-hybridized carbons (Fsp3) is 0.350. The third-order valence-electron chi connectivity index (χ3n) is 4.63. The summed E-state index contributed by atoms with van der Waals surface area (Å²) in [7, 11) is 1.66. The van der Waals surface area contributed by atoms with Crippen molar-refractivity contribution in [3.8, 4) is 0 Å². The number of aromatic nitrogens is 2. The van der Waals surface area contributed by atoms with Crippen molar-refractivity contribution in [1.82, 2.24) is 15.3 Å². The van der Waals surface area contributed by atoms with Crippen LogP contribution in [0.4, 0.5) is 11.8 Å². The number of aryl methyl sites for hydroxylation is 1. The summed E-state index contributed by atoms with van der Waals surface area (Å²) in [6, 6.07) is 5.34. The van der Waals surface area contributed by atoms with Gasteiger partial charge in [0.15, 0.2) is 0 Å². The van der Waals surface area contributed by atoms with Gasteiger partial charge >= 0.3 is 11.9 Å². The van der Waals surface area contributed by atoms with Gasteiger partial charge in [-0.05, 0) is 43.4 Å². The van der Waals surface area contributed by atoms with Crippen LogP contribution in [-0.4, -0.2) is 51.1 Å². The minimum Gasteiger partial charge on any atom is -0.481 e. The number of H-pyrrole nitrogens is 1. The smallest absolute Gasteiger partial charge is 0.326 e. The summed E-state index contributed by atoms with van der Waals surface area (Å²) < 4.78 is 0. The summed E-state index contributed by atoms with van der Waals surface area (Å²) in [6.45, 7) is 0. The van der Waals surface area contributed by atoms with Crippen molar-refractivity contribution in [3.05, 3.63) is 51.3 Å². The van der Waals surface area contributed by atoms with Gasteiger partial charge < -0.3 is 26.6 Å². The monoisotopic (exact) mass is 431 g/mol. The second-order valence-electron chi connectivity index (χ2n) is 6.88. The van der Waals surface area contributed by atoms with Crippen molar-refractivity contribution in [2.75, 3.05) is 18.1 Å². The Labute approximate surface area is 177 Å². The fourth-order valence-corrected chi connectivity index (χ4v) is 3.01. The molecular formula is C20H25N5O6. The molecule has 11 nitrogen and oxygen atoms in total. The lowest BCUT2D eigenvalue weighted by molar-refractivity contribution is -0.140. The first kappa shape index (κ1) is 23.4. The molecule has 1 amide bonds. The first-order valence-corrected chi connectivity index (χ1v) is 9.62. The van der Waals surface area contributed by atoms with E-state index in [0.717, 1.165) is 5.56 Å². The summed E-state index contributed by atoms with van der Waals surface area (Å²) in [5.41, 5.74) is 6.96. The van der Waals surface area contributed by atoms with Gasteiger partial charge in [0.25, 0.3) is 11.5 Å². The number of carboxylic acid groups (broad SMARTS) is 2. The predicted octanol–water partition coefficient (Wildman–Crippen LogP) is 0.617. The number of nitrogens with one attached hydrogen (secondary N) is 3. The molecule has 2 aromatic rings. The van der Waals surface area contributed by atoms with Crippen LogP contribution in [-0.2, 0) is 22.4 Å². The first-order valence-electron chi connectivity index (χ1n) is 9.62. The van der Waals surface area contributed by atoms with E-state index in [2.05, 4.69) is 20.6 Å². The summed E-state index contributed by atoms with van der Waals surface area (Å²) in [4.78, 5) is 52.7. The van der Waals surface area contributed by atoms with Crippen LogP contribution >= 0.6 is 0 Å². The fourth-order valence-electron chi connectivity index (χ4n) is 3.01. The highest BCUT2D eigenvalue weighted by molar-refractivity contribution is 5.96. The molecule has 0 unspecified atom stereocenters. The molecule has 1 atom stereocenters. The van der Waals surface area contributed by atoms with Crippen molar-refractivity contribution in [2.45, 2.75) is 38.1 Å². The van der Waals surface area contributed by atoms with Crippen LogP contribution < -0.4 is 21.9 Å². The maximum Gasteiger partial charge on any atom is 0.326 e. The highest BCUT2D eigenvalue weighted by atomic mass is 16.4. The average molecular weight is 431 g/mol. The average Bonchev–Trinajstić information content (AvgIpc) is 2.72. The first-order chi connectivity index (χ1) is 14.7. The molecule has 0 aliphatic rings. The topological polar surface area (TPSA) is 187 Å². The largest absolute Gasteiger partial charge is 0.481 e. The number of nitrogens with two attached hydrogens (primary N) is 1. The van der Waals surface area contributed by atoms with Crippen molar-refractivity contribution in [2.24, 2.45) is 0 Å². The predicted molar refractivity (Wildman–Crippen MR) is 113 cm³/mol. The number of carbonyl (C=O) groups is 3. The quantitative estimate of drug-likeness (QED) is 0.296. The highest BCUT2D eigenvalue weighted by Crippen LogP contribution is 2.13. The zero-order valence-corrected chi connectivity index (χ0v) is 17.0. The van der Waals surface area contributed by atoms with Gasteiger partial charge in [0.2, 0.25) is 5.95 Å². The molecule has 11 heteroatoms. The molecule has 0 bridgehead atoms. The number of nitrogen functional groups attached to an aromatic ring is 1. The zero-order valence-electron chi connectivity index (χ0n) is 17.0. The van der Waals surface area contributed by atoms with E-state index >= 15 is 0 Å². The molecule has 1 aromatic carbocycles. The molecule has 0 fully saturated rings. The number of nitrogens with zero attached hydrogens (tertiary/aromatic N) is 1. The molecule has 1 heterocycles. The van der Waals surface area contributed by atoms with E-state index in [1.54, 1.807) is 31.3 Å². The van der Waals surface area contributed by atoms with Crippen LogP contribution in [0.5, 0.6) is 0 Å². The van der Waals surface area contributed by atoms with Crippen LogP contribution in [0, 0.1) is 0 Å². The van der Waals surface area contributed by atoms with Crippen molar-refractivity contribution in [3.63, 3.8) is 0 Å². The van der Waals surface area contributed by atoms with E-state index in [4.69, 9.17) is 15.9 Å². The van der Waals surface area contributed by atoms with E-state index < -0.39 is 23.9 Å². The number of aliphatic carboxylic acids is 2. The molecule has 0 saturated carbocycles. The number of carbonyl (C=O) groups excluding carboxylic acids is 1. The lowest BCUT2D eigenvalue weighted by Crippen LogP contribution is -2.41. The van der Waals surface area contributed by atoms with E-state index in [1.807, 2.05) is 0 Å². The Kier molecular flexibility index (Phi) is 8.12. The molecule has 31 heavy (non-hydrogen) atoms. The number of carboxylic acids is 2. The zero-order chi connectivity index (χ0) is 23.0. The molecule has 0 spiro atoms. The summed E-state index contributed by atoms with van der Waals surface area (Å²) in [6.07, 6.45) is 1.21. The Hall–Kier alpha value is -3.89. The second kappa shape index (κ2) is 10.8. The highest BCUT2D eigenvalue weighted by Gasteiger charge is 2.21. The Balaban J connectivity index is 1.95. The van der Waals surface area contributed by atoms with Gasteiger partial charge in [-0.3, -0.25) is 19.4 Å². The molecular weight excluding hydrogens is 406 g/mol. The van der Waals surface area contributed by atoms with Gasteiger partial charge in [-0.2, -0.15) is 4.98 Å². The van der Waals surface area contributed by atoms with Gasteiger partial charge in [0.1, 0.15) is 11.9 Å². The minimum atomic E-state index is -1.29. The van der Waals surface area contributed by atoms with Crippen molar-refractivity contribution in [1.29, 1.82) is 0 Å². The summed E-state index contributed by atoms with van der Waals surface area (Å²) >= 11 is 0. The standard InChI is InChI=1S/C20H25N5O6/c1-22-16-13(18(29)25-20(21)24-16)4-2-3-11-5-7-12(8-6-11)17(28)23-14(19(30)31)9-10-15(26)27/h5-8,14H,2-4,9-10H2,1H3,(H,23,28)(H,26,27)(H,30,31)(H4,21,22,24,25,29)/t14-/m0/s1. The Morgan fingerprint density at radius 3 is 2.42 bits per heavy atom. The summed E-state index contributed by atoms with van der Waals surface area (Å²) in [5.74, 6) is -2.55. The van der Waals surface area contributed by atoms with Gasteiger partial charge in [-0.25, -0.2) is 4.79 Å². The molecule has 0 aliphatic carbocycles. The molecule has 2 rings (SSSR count). The molecule has 1 aromatic heterocycles. The Morgan fingerprint density at radius 1 is 1.16 bits per heavy atom. The van der Waals surface area contributed by atoms with E-state index in [1.165, 1.54) is 0 Å². The Bertz CT molecular complexity index is 1000. The van der Waals surface area contributed by atoms with E-state index in [0.29, 0.717) is 30.6 Å². The third-order valence-corrected chi connectivity index (χ3v) is 4.63. The van der Waals surface area contributed by atoms with E-state index in [-0.39, 0.29) is 29.9 Å². The Morgan fingerprint density at radius 2 is 1.84 bits per heavy atom. The van der Waals surface area contributed by atoms with Crippen molar-refractivity contribution < 1.29 is 24.6 Å². The number of benzene rings is 1. The molecule has 0 radical (unpaired) electrons. The SMILES string of the molecule is CNc1nc(N)[nH]c(=O)c1CCCc1ccc(C(=O)N[C@@H](CCC(=O)O)C(=O)O)cc1. The lowest BCUT2D eigenvalue weighted by atomic mass is 10.0. The lowest BCUT2D eigenvalue weighted by Gasteiger charge is -2.13. The van der Waals surface area contributed by atoms with Crippen LogP contribution in [0.15, 0.2) is 29.1 Å². The normalized spacial score (nSPS) is 11.5. The maximum absolute atomic E-state index is 12.3. The van der Waals surface area contributed by atoms with Gasteiger partial charge in [-0.15, -0.1) is 0 Å². The number of hydrogen-bond acceptors (Lipinski definition) is 7. The van der Waals surface area contributed by atoms with Crippen LogP contribution in [0.25, 0.3) is 0 Å². The molecule has 0 saturated heterocycles. The van der Waals surface area contributed by atoms with Crippen LogP contribution in [0.2, 0.25) is 0 Å². The van der Waals surface area contributed by atoms with Crippen molar-refractivity contribution >= 4 is 29.6 Å². The molecule has 166 valence electrons. The minimum absolute atomic E-state index is 0.0417. The number of rotatable bonds is 11. The van der Waals surface area contributed by atoms with Gasteiger partial charge in [0, 0.05) is 19.0 Å². The number of hydrogen-bond donors (Lipinski definition) is 6. The summed E-state index contributed by atoms with van der Waals surface area (Å²) in [5, 5.41) is 23.0.